The predicted molar refractivity (Wildman–Crippen MR) is 119 cm³/mol. The van der Waals surface area contributed by atoms with E-state index in [0.29, 0.717) is 24.2 Å². The molecule has 3 atom stereocenters. The Bertz CT molecular complexity index is 1030. The first-order valence-electron chi connectivity index (χ1n) is 11.0. The van der Waals surface area contributed by atoms with Gasteiger partial charge in [-0.1, -0.05) is 13.0 Å². The third-order valence-corrected chi connectivity index (χ3v) is 6.83. The van der Waals surface area contributed by atoms with E-state index in [1.54, 1.807) is 14.2 Å². The summed E-state index contributed by atoms with van der Waals surface area (Å²) in [6, 6.07) is 4.24. The molecule has 0 spiro atoms. The Balaban J connectivity index is 1.48. The van der Waals surface area contributed by atoms with Crippen molar-refractivity contribution in [2.24, 2.45) is 11.8 Å². The molecule has 0 saturated carbocycles. The van der Waals surface area contributed by atoms with E-state index in [2.05, 4.69) is 51.1 Å². The Morgan fingerprint density at radius 1 is 1.10 bits per heavy atom. The fourth-order valence-corrected chi connectivity index (χ4v) is 5.06. The minimum absolute atomic E-state index is 0.0190. The number of benzene rings is 1. The van der Waals surface area contributed by atoms with E-state index in [-0.39, 0.29) is 11.7 Å². The first-order chi connectivity index (χ1) is 14.9. The van der Waals surface area contributed by atoms with Crippen molar-refractivity contribution in [2.75, 3.05) is 20.8 Å². The van der Waals surface area contributed by atoms with Gasteiger partial charge in [-0.05, 0) is 68.0 Å². The van der Waals surface area contributed by atoms with Crippen LogP contribution in [0.1, 0.15) is 38.3 Å². The fourth-order valence-electron chi connectivity index (χ4n) is 5.06. The van der Waals surface area contributed by atoms with Gasteiger partial charge >= 0.3 is 0 Å². The molecule has 1 aliphatic carbocycles. The summed E-state index contributed by atoms with van der Waals surface area (Å²) >= 11 is 0. The highest BCUT2D eigenvalue weighted by Crippen LogP contribution is 2.47. The first kappa shape index (κ1) is 20.1. The van der Waals surface area contributed by atoms with Crippen LogP contribution in [0, 0.1) is 11.8 Å². The van der Waals surface area contributed by atoms with Crippen LogP contribution in [0.5, 0.6) is 11.5 Å². The molecule has 164 valence electrons. The zero-order chi connectivity index (χ0) is 21.8. The van der Waals surface area contributed by atoms with Crippen LogP contribution in [0.25, 0.3) is 6.08 Å². The molecular formula is C26H30O5. The summed E-state index contributed by atoms with van der Waals surface area (Å²) in [5.74, 6) is 4.77. The van der Waals surface area contributed by atoms with E-state index < -0.39 is 0 Å². The molecule has 31 heavy (non-hydrogen) atoms. The summed E-state index contributed by atoms with van der Waals surface area (Å²) in [6.45, 7) is 6.91. The van der Waals surface area contributed by atoms with Gasteiger partial charge in [0.2, 0.25) is 0 Å². The summed E-state index contributed by atoms with van der Waals surface area (Å²) < 4.78 is 30.1. The van der Waals surface area contributed by atoms with E-state index in [1.165, 1.54) is 11.1 Å². The van der Waals surface area contributed by atoms with E-state index in [0.717, 1.165) is 41.4 Å². The zero-order valence-electron chi connectivity index (χ0n) is 18.9. The third-order valence-electron chi connectivity index (χ3n) is 6.83. The molecule has 0 bridgehead atoms. The van der Waals surface area contributed by atoms with Gasteiger partial charge in [0.1, 0.15) is 35.6 Å². The van der Waals surface area contributed by atoms with Crippen molar-refractivity contribution < 1.29 is 23.7 Å². The summed E-state index contributed by atoms with van der Waals surface area (Å²) in [7, 11) is 3.32. The third kappa shape index (κ3) is 3.40. The number of hydrogen-bond donors (Lipinski definition) is 0. The van der Waals surface area contributed by atoms with Gasteiger partial charge < -0.3 is 23.7 Å². The zero-order valence-corrected chi connectivity index (χ0v) is 18.9. The van der Waals surface area contributed by atoms with Crippen LogP contribution in [0.3, 0.4) is 0 Å². The summed E-state index contributed by atoms with van der Waals surface area (Å²) in [5.41, 5.74) is 3.23. The van der Waals surface area contributed by atoms with E-state index in [4.69, 9.17) is 23.7 Å². The van der Waals surface area contributed by atoms with Gasteiger partial charge in [-0.25, -0.2) is 0 Å². The van der Waals surface area contributed by atoms with Crippen molar-refractivity contribution in [3.8, 4) is 11.5 Å². The Kier molecular flexibility index (Phi) is 4.80. The maximum atomic E-state index is 6.61. The van der Waals surface area contributed by atoms with Crippen molar-refractivity contribution in [1.82, 2.24) is 0 Å². The molecule has 5 nitrogen and oxygen atoms in total. The largest absolute Gasteiger partial charge is 0.493 e. The monoisotopic (exact) mass is 422 g/mol. The van der Waals surface area contributed by atoms with Crippen molar-refractivity contribution in [3.63, 3.8) is 0 Å². The van der Waals surface area contributed by atoms with Gasteiger partial charge in [-0.3, -0.25) is 0 Å². The Hall–Kier alpha value is -2.82. The SMILES string of the molecule is COC1=CCC2=C(C=C1OC)OCC1Oc3c(ccc4c3C=CC(C)(C)O4)CC1C2C. The highest BCUT2D eigenvalue weighted by molar-refractivity contribution is 5.69. The number of rotatable bonds is 2. The van der Waals surface area contributed by atoms with Gasteiger partial charge in [0.05, 0.1) is 19.8 Å². The molecule has 5 rings (SSSR count). The van der Waals surface area contributed by atoms with Crippen molar-refractivity contribution >= 4 is 6.08 Å². The molecule has 0 saturated heterocycles. The molecule has 4 aliphatic rings. The Labute approximate surface area is 184 Å². The maximum absolute atomic E-state index is 6.61. The van der Waals surface area contributed by atoms with Gasteiger partial charge in [-0.2, -0.15) is 0 Å². The quantitative estimate of drug-likeness (QED) is 0.658. The van der Waals surface area contributed by atoms with Crippen LogP contribution in [0.4, 0.5) is 0 Å². The molecular weight excluding hydrogens is 392 g/mol. The molecule has 0 aromatic heterocycles. The van der Waals surface area contributed by atoms with Gasteiger partial charge in [-0.15, -0.1) is 0 Å². The van der Waals surface area contributed by atoms with Crippen LogP contribution in [-0.4, -0.2) is 32.5 Å². The molecule has 3 heterocycles. The molecule has 0 radical (unpaired) electrons. The highest BCUT2D eigenvalue weighted by atomic mass is 16.5. The number of allylic oxidation sites excluding steroid dienone is 3. The minimum Gasteiger partial charge on any atom is -0.493 e. The predicted octanol–water partition coefficient (Wildman–Crippen LogP) is 5.18. The van der Waals surface area contributed by atoms with Crippen molar-refractivity contribution in [2.45, 2.75) is 45.3 Å². The first-order valence-corrected chi connectivity index (χ1v) is 11.0. The van der Waals surface area contributed by atoms with Crippen molar-refractivity contribution in [1.29, 1.82) is 0 Å². The molecule has 3 unspecified atom stereocenters. The number of hydrogen-bond acceptors (Lipinski definition) is 5. The normalized spacial score (nSPS) is 28.0. The maximum Gasteiger partial charge on any atom is 0.164 e. The van der Waals surface area contributed by atoms with E-state index in [1.807, 2.05) is 6.08 Å². The molecule has 5 heteroatoms. The van der Waals surface area contributed by atoms with Crippen LogP contribution in [0.2, 0.25) is 0 Å². The lowest BCUT2D eigenvalue weighted by atomic mass is 9.77. The average molecular weight is 423 g/mol. The molecule has 0 N–H and O–H groups in total. The van der Waals surface area contributed by atoms with Gasteiger partial charge in [0, 0.05) is 12.0 Å². The van der Waals surface area contributed by atoms with Crippen LogP contribution < -0.4 is 9.47 Å². The summed E-state index contributed by atoms with van der Waals surface area (Å²) in [5, 5.41) is 0. The number of ether oxygens (including phenoxy) is 5. The van der Waals surface area contributed by atoms with E-state index in [9.17, 15) is 0 Å². The fraction of sp³-hybridized carbons (Fsp3) is 0.462. The van der Waals surface area contributed by atoms with Gasteiger partial charge in [0.25, 0.3) is 0 Å². The number of methoxy groups -OCH3 is 2. The van der Waals surface area contributed by atoms with Gasteiger partial charge in [0.15, 0.2) is 11.5 Å². The minimum atomic E-state index is -0.306. The lowest BCUT2D eigenvalue weighted by molar-refractivity contribution is 0.0371. The second kappa shape index (κ2) is 7.40. The molecule has 0 amide bonds. The van der Waals surface area contributed by atoms with Crippen LogP contribution >= 0.6 is 0 Å². The Morgan fingerprint density at radius 2 is 1.90 bits per heavy atom. The highest BCUT2D eigenvalue weighted by Gasteiger charge is 2.41. The number of fused-ring (bicyclic) bond motifs is 4. The molecule has 1 aromatic rings. The van der Waals surface area contributed by atoms with E-state index >= 15 is 0 Å². The molecule has 1 aromatic carbocycles. The summed E-state index contributed by atoms with van der Waals surface area (Å²) in [6.07, 6.45) is 9.97. The lowest BCUT2D eigenvalue weighted by Gasteiger charge is -2.37. The second-order valence-electron chi connectivity index (χ2n) is 9.21. The second-order valence-corrected chi connectivity index (χ2v) is 9.21. The Morgan fingerprint density at radius 3 is 2.68 bits per heavy atom. The summed E-state index contributed by atoms with van der Waals surface area (Å²) in [4.78, 5) is 0. The smallest absolute Gasteiger partial charge is 0.164 e. The molecule has 0 fully saturated rings. The lowest BCUT2D eigenvalue weighted by Crippen LogP contribution is -2.39. The van der Waals surface area contributed by atoms with Crippen LogP contribution in [0.15, 0.2) is 53.2 Å². The molecule has 3 aliphatic heterocycles. The topological polar surface area (TPSA) is 46.2 Å². The van der Waals surface area contributed by atoms with Crippen molar-refractivity contribution in [3.05, 3.63) is 64.3 Å². The standard InChI is InChI=1S/C26H30O5/c1-15-17-7-9-21(27-4)23(28-5)13-22(17)29-14-24-19(15)12-16-6-8-20-18(25(16)30-24)10-11-26(2,3)31-20/h6,8-11,13,15,19,24H,7,12,14H2,1-5H3. The average Bonchev–Trinajstić information content (AvgIpc) is 3.01. The van der Waals surface area contributed by atoms with Crippen LogP contribution in [-0.2, 0) is 20.6 Å².